The van der Waals surface area contributed by atoms with Gasteiger partial charge in [-0.25, -0.2) is 0 Å². The molecule has 154 valence electrons. The number of benzene rings is 1. The minimum Gasteiger partial charge on any atom is -0.349 e. The first-order chi connectivity index (χ1) is 14.0. The molecule has 0 saturated heterocycles. The van der Waals surface area contributed by atoms with Gasteiger partial charge in [-0.15, -0.1) is 0 Å². The van der Waals surface area contributed by atoms with E-state index >= 15 is 0 Å². The molecule has 29 heavy (non-hydrogen) atoms. The quantitative estimate of drug-likeness (QED) is 0.566. The summed E-state index contributed by atoms with van der Waals surface area (Å²) in [6, 6.07) is 10.6. The zero-order chi connectivity index (χ0) is 20.8. The minimum atomic E-state index is -0.247. The fourth-order valence-corrected chi connectivity index (χ4v) is 4.28. The Morgan fingerprint density at radius 3 is 2.69 bits per heavy atom. The molecule has 0 spiro atoms. The summed E-state index contributed by atoms with van der Waals surface area (Å²) in [7, 11) is 4.16. The Hall–Kier alpha value is -2.58. The molecule has 0 unspecified atom stereocenters. The van der Waals surface area contributed by atoms with Crippen LogP contribution in [-0.4, -0.2) is 42.1 Å². The van der Waals surface area contributed by atoms with Gasteiger partial charge in [0.2, 0.25) is 0 Å². The van der Waals surface area contributed by atoms with Gasteiger partial charge in [-0.3, -0.25) is 4.79 Å². The average molecular weight is 393 g/mol. The number of hydrogen-bond donors (Lipinski definition) is 1. The summed E-state index contributed by atoms with van der Waals surface area (Å²) in [5.41, 5.74) is 3.42. The second-order valence-electron chi connectivity index (χ2n) is 8.30. The number of hydrogen-bond acceptors (Lipinski definition) is 3. The Morgan fingerprint density at radius 1 is 1.28 bits per heavy atom. The van der Waals surface area contributed by atoms with Crippen molar-refractivity contribution in [1.82, 2.24) is 14.8 Å². The number of aromatic nitrogens is 1. The van der Waals surface area contributed by atoms with E-state index in [1.165, 1.54) is 6.42 Å². The normalized spacial score (nSPS) is 15.6. The van der Waals surface area contributed by atoms with Crippen LogP contribution in [0.1, 0.15) is 49.8 Å². The van der Waals surface area contributed by atoms with E-state index in [1.807, 2.05) is 12.1 Å². The number of nitriles is 1. The second-order valence-corrected chi connectivity index (χ2v) is 8.30. The number of para-hydroxylation sites is 1. The Labute approximate surface area is 174 Å². The third-order valence-corrected chi connectivity index (χ3v) is 5.86. The Morgan fingerprint density at radius 2 is 2.00 bits per heavy atom. The van der Waals surface area contributed by atoms with Gasteiger partial charge >= 0.3 is 0 Å². The maximum absolute atomic E-state index is 12.7. The van der Waals surface area contributed by atoms with Crippen LogP contribution in [0.25, 0.3) is 17.0 Å². The van der Waals surface area contributed by atoms with E-state index < -0.39 is 0 Å². The van der Waals surface area contributed by atoms with Crippen molar-refractivity contribution in [3.8, 4) is 6.07 Å². The number of fused-ring (bicyclic) bond motifs is 1. The van der Waals surface area contributed by atoms with Crippen LogP contribution in [0, 0.1) is 18.3 Å². The predicted molar refractivity (Wildman–Crippen MR) is 118 cm³/mol. The van der Waals surface area contributed by atoms with E-state index in [0.29, 0.717) is 0 Å². The van der Waals surface area contributed by atoms with Crippen molar-refractivity contribution in [2.75, 3.05) is 20.6 Å². The van der Waals surface area contributed by atoms with Crippen LogP contribution in [0.15, 0.2) is 29.8 Å². The van der Waals surface area contributed by atoms with Gasteiger partial charge in [-0.1, -0.05) is 37.5 Å². The standard InChI is InChI=1S/C24H32N4O/c1-18-22(16-19(17-25)24(29)26-20-10-5-4-6-11-20)21-12-7-8-13-23(21)28(18)15-9-14-27(2)3/h7-8,12-13,16,20H,4-6,9-11,14-15H2,1-3H3,(H,26,29)/b19-16-. The molecule has 0 aliphatic heterocycles. The summed E-state index contributed by atoms with van der Waals surface area (Å²) >= 11 is 0. The number of nitrogens with one attached hydrogen (secondary N) is 1. The highest BCUT2D eigenvalue weighted by atomic mass is 16.1. The monoisotopic (exact) mass is 392 g/mol. The van der Waals surface area contributed by atoms with E-state index in [0.717, 1.165) is 67.4 Å². The molecule has 5 nitrogen and oxygen atoms in total. The van der Waals surface area contributed by atoms with Gasteiger partial charge in [0.05, 0.1) is 0 Å². The number of rotatable bonds is 7. The Bertz CT molecular complexity index is 926. The molecule has 1 aromatic heterocycles. The zero-order valence-corrected chi connectivity index (χ0v) is 17.9. The lowest BCUT2D eigenvalue weighted by Gasteiger charge is -2.22. The summed E-state index contributed by atoms with van der Waals surface area (Å²) in [4.78, 5) is 14.9. The van der Waals surface area contributed by atoms with Crippen molar-refractivity contribution in [2.24, 2.45) is 0 Å². The first kappa shape index (κ1) is 21.1. The van der Waals surface area contributed by atoms with Crippen LogP contribution < -0.4 is 5.32 Å². The van der Waals surface area contributed by atoms with Crippen LogP contribution in [0.2, 0.25) is 0 Å². The summed E-state index contributed by atoms with van der Waals surface area (Å²) < 4.78 is 2.30. The largest absolute Gasteiger partial charge is 0.349 e. The lowest BCUT2D eigenvalue weighted by atomic mass is 9.95. The predicted octanol–water partition coefficient (Wildman–Crippen LogP) is 4.26. The highest BCUT2D eigenvalue weighted by molar-refractivity contribution is 6.04. The molecular weight excluding hydrogens is 360 g/mol. The molecule has 0 bridgehead atoms. The van der Waals surface area contributed by atoms with E-state index in [1.54, 1.807) is 6.08 Å². The van der Waals surface area contributed by atoms with Crippen LogP contribution in [0.3, 0.4) is 0 Å². The molecule has 1 aliphatic rings. The van der Waals surface area contributed by atoms with Gasteiger partial charge in [-0.2, -0.15) is 5.26 Å². The maximum atomic E-state index is 12.7. The van der Waals surface area contributed by atoms with Gasteiger partial charge in [0.15, 0.2) is 0 Å². The first-order valence-corrected chi connectivity index (χ1v) is 10.7. The minimum absolute atomic E-state index is 0.190. The molecule has 3 rings (SSSR count). The number of carbonyl (C=O) groups is 1. The zero-order valence-electron chi connectivity index (χ0n) is 17.9. The number of carbonyl (C=O) groups excluding carboxylic acids is 1. The van der Waals surface area contributed by atoms with Crippen molar-refractivity contribution in [3.05, 3.63) is 41.1 Å². The molecule has 1 heterocycles. The van der Waals surface area contributed by atoms with Crippen molar-refractivity contribution in [1.29, 1.82) is 5.26 Å². The first-order valence-electron chi connectivity index (χ1n) is 10.7. The third-order valence-electron chi connectivity index (χ3n) is 5.86. The second kappa shape index (κ2) is 9.76. The highest BCUT2D eigenvalue weighted by Crippen LogP contribution is 2.28. The van der Waals surface area contributed by atoms with Gasteiger partial charge in [0.1, 0.15) is 11.6 Å². The molecule has 1 amide bonds. The lowest BCUT2D eigenvalue weighted by molar-refractivity contribution is -0.117. The molecule has 5 heteroatoms. The fraction of sp³-hybridized carbons (Fsp3) is 0.500. The molecule has 1 aromatic carbocycles. The Kier molecular flexibility index (Phi) is 7.11. The molecule has 1 saturated carbocycles. The number of aryl methyl sites for hydroxylation is 1. The van der Waals surface area contributed by atoms with Crippen molar-refractivity contribution in [3.63, 3.8) is 0 Å². The highest BCUT2D eigenvalue weighted by Gasteiger charge is 2.19. The molecule has 0 atom stereocenters. The van der Waals surface area contributed by atoms with Crippen LogP contribution in [0.4, 0.5) is 0 Å². The summed E-state index contributed by atoms with van der Waals surface area (Å²) in [5.74, 6) is -0.247. The SMILES string of the molecule is Cc1c(/C=C(/C#N)C(=O)NC2CCCCC2)c2ccccc2n1CCCN(C)C. The molecular formula is C24H32N4O. The van der Waals surface area contributed by atoms with Crippen molar-refractivity contribution >= 4 is 22.9 Å². The summed E-state index contributed by atoms with van der Waals surface area (Å²) in [5, 5.41) is 13.8. The number of amides is 1. The van der Waals surface area contributed by atoms with Gasteiger partial charge in [0, 0.05) is 34.7 Å². The molecule has 1 fully saturated rings. The van der Waals surface area contributed by atoms with Gasteiger partial charge in [0.25, 0.3) is 5.91 Å². The molecule has 2 aromatic rings. The summed E-state index contributed by atoms with van der Waals surface area (Å²) in [6.07, 6.45) is 8.37. The fourth-order valence-electron chi connectivity index (χ4n) is 4.28. The summed E-state index contributed by atoms with van der Waals surface area (Å²) in [6.45, 7) is 4.01. The van der Waals surface area contributed by atoms with Crippen LogP contribution in [-0.2, 0) is 11.3 Å². The van der Waals surface area contributed by atoms with E-state index in [2.05, 4.69) is 54.0 Å². The average Bonchev–Trinajstić information content (AvgIpc) is 2.98. The Balaban J connectivity index is 1.89. The maximum Gasteiger partial charge on any atom is 0.262 e. The van der Waals surface area contributed by atoms with E-state index in [-0.39, 0.29) is 17.5 Å². The lowest BCUT2D eigenvalue weighted by Crippen LogP contribution is -2.36. The topological polar surface area (TPSA) is 61.1 Å². The smallest absolute Gasteiger partial charge is 0.262 e. The van der Waals surface area contributed by atoms with E-state index in [4.69, 9.17) is 0 Å². The van der Waals surface area contributed by atoms with Crippen LogP contribution >= 0.6 is 0 Å². The van der Waals surface area contributed by atoms with Crippen molar-refractivity contribution in [2.45, 2.75) is 58.0 Å². The third kappa shape index (κ3) is 5.07. The molecule has 1 aliphatic carbocycles. The van der Waals surface area contributed by atoms with Crippen LogP contribution in [0.5, 0.6) is 0 Å². The van der Waals surface area contributed by atoms with E-state index in [9.17, 15) is 10.1 Å². The molecule has 1 N–H and O–H groups in total. The van der Waals surface area contributed by atoms with Crippen molar-refractivity contribution < 1.29 is 4.79 Å². The van der Waals surface area contributed by atoms with Gasteiger partial charge in [-0.05, 0) is 59.0 Å². The number of nitrogens with zero attached hydrogens (tertiary/aromatic N) is 3. The molecule has 0 radical (unpaired) electrons. The van der Waals surface area contributed by atoms with Gasteiger partial charge < -0.3 is 14.8 Å².